The minimum atomic E-state index is -4.82. The highest BCUT2D eigenvalue weighted by Gasteiger charge is 2.32. The molecule has 1 aliphatic heterocycles. The normalized spacial score (nSPS) is 16.0. The minimum Gasteiger partial charge on any atom is -0.404 e. The van der Waals surface area contributed by atoms with Crippen LogP contribution in [0.3, 0.4) is 0 Å². The van der Waals surface area contributed by atoms with E-state index in [0.29, 0.717) is 13.1 Å². The Balaban J connectivity index is 1.62. The number of rotatable bonds is 9. The van der Waals surface area contributed by atoms with Crippen LogP contribution in [0.15, 0.2) is 24.3 Å². The van der Waals surface area contributed by atoms with E-state index in [2.05, 4.69) is 25.2 Å². The van der Waals surface area contributed by atoms with Crippen LogP contribution in [0.2, 0.25) is 0 Å². The fourth-order valence-corrected chi connectivity index (χ4v) is 2.99. The van der Waals surface area contributed by atoms with Gasteiger partial charge in [-0.2, -0.15) is 0 Å². The molecule has 0 aliphatic carbocycles. The van der Waals surface area contributed by atoms with E-state index in [9.17, 15) is 18.0 Å². The summed E-state index contributed by atoms with van der Waals surface area (Å²) in [5.41, 5.74) is -0.0434. The van der Waals surface area contributed by atoms with Crippen molar-refractivity contribution in [1.82, 2.24) is 15.1 Å². The van der Waals surface area contributed by atoms with Gasteiger partial charge >= 0.3 is 12.4 Å². The van der Waals surface area contributed by atoms with Crippen LogP contribution >= 0.6 is 0 Å². The van der Waals surface area contributed by atoms with Gasteiger partial charge in [-0.05, 0) is 31.5 Å². The zero-order valence-electron chi connectivity index (χ0n) is 15.7. The first-order valence-electron chi connectivity index (χ1n) is 9.32. The molecule has 1 aromatic carbocycles. The molecule has 1 saturated heterocycles. The maximum Gasteiger partial charge on any atom is 0.573 e. The number of benzene rings is 1. The van der Waals surface area contributed by atoms with Gasteiger partial charge in [-0.1, -0.05) is 12.1 Å². The molecular weight excluding hydrogens is 377 g/mol. The average molecular weight is 404 g/mol. The Kier molecular flexibility index (Phi) is 8.81. The van der Waals surface area contributed by atoms with Crippen molar-refractivity contribution >= 4 is 11.7 Å². The summed E-state index contributed by atoms with van der Waals surface area (Å²) in [6.07, 6.45) is -3.14. The number of alkyl halides is 3. The fourth-order valence-electron chi connectivity index (χ4n) is 2.99. The molecule has 158 valence electrons. The number of nitrogens with zero attached hydrogens (tertiary/aromatic N) is 2. The predicted octanol–water partition coefficient (Wildman–Crippen LogP) is 2.10. The van der Waals surface area contributed by atoms with E-state index in [1.54, 1.807) is 0 Å². The molecule has 2 amide bonds. The summed E-state index contributed by atoms with van der Waals surface area (Å²) >= 11 is 0. The molecule has 0 aromatic heterocycles. The number of halogens is 3. The number of hydrogen-bond acceptors (Lipinski definition) is 5. The summed E-state index contributed by atoms with van der Waals surface area (Å²) in [6.45, 7) is 6.07. The van der Waals surface area contributed by atoms with E-state index in [1.807, 2.05) is 0 Å². The second-order valence-electron chi connectivity index (χ2n) is 6.54. The Morgan fingerprint density at radius 3 is 2.36 bits per heavy atom. The molecule has 0 atom stereocenters. The second kappa shape index (κ2) is 11.1. The van der Waals surface area contributed by atoms with Crippen LogP contribution in [-0.2, 0) is 0 Å². The molecule has 0 spiro atoms. The lowest BCUT2D eigenvalue weighted by molar-refractivity contribution is -0.274. The third-order valence-electron chi connectivity index (χ3n) is 4.43. The number of aliphatic hydroxyl groups excluding tert-OH is 1. The number of carbonyl (C=O) groups is 1. The highest BCUT2D eigenvalue weighted by molar-refractivity contribution is 5.90. The zero-order chi connectivity index (χ0) is 20.4. The van der Waals surface area contributed by atoms with Gasteiger partial charge in [-0.15, -0.1) is 13.2 Å². The average Bonchev–Trinajstić information content (AvgIpc) is 2.63. The third-order valence-corrected chi connectivity index (χ3v) is 4.43. The molecule has 1 aliphatic rings. The highest BCUT2D eigenvalue weighted by Crippen LogP contribution is 2.29. The van der Waals surface area contributed by atoms with Crippen molar-refractivity contribution < 1.29 is 27.8 Å². The number of piperazine rings is 1. The fraction of sp³-hybridized carbons (Fsp3) is 0.611. The Bertz CT molecular complexity index is 608. The number of para-hydroxylation sites is 2. The SMILES string of the molecule is O=C(NCCCCN1CCN(CCO)CC1)Nc1ccccc1OC(F)(F)F. The van der Waals surface area contributed by atoms with Crippen molar-refractivity contribution in [3.05, 3.63) is 24.3 Å². The molecular formula is C18H27F3N4O3. The van der Waals surface area contributed by atoms with E-state index in [-0.39, 0.29) is 12.3 Å². The molecule has 0 saturated carbocycles. The number of anilines is 1. The topological polar surface area (TPSA) is 77.1 Å². The largest absolute Gasteiger partial charge is 0.573 e. The van der Waals surface area contributed by atoms with E-state index in [1.165, 1.54) is 18.2 Å². The van der Waals surface area contributed by atoms with Gasteiger partial charge in [0, 0.05) is 39.3 Å². The van der Waals surface area contributed by atoms with Gasteiger partial charge in [-0.3, -0.25) is 4.90 Å². The van der Waals surface area contributed by atoms with Gasteiger partial charge in [0.2, 0.25) is 0 Å². The molecule has 0 bridgehead atoms. The number of nitrogens with one attached hydrogen (secondary N) is 2. The smallest absolute Gasteiger partial charge is 0.404 e. The summed E-state index contributed by atoms with van der Waals surface area (Å²) in [6, 6.07) is 4.82. The number of unbranched alkanes of at least 4 members (excludes halogenated alkanes) is 1. The maximum atomic E-state index is 12.4. The molecule has 3 N–H and O–H groups in total. The lowest BCUT2D eigenvalue weighted by atomic mass is 10.2. The van der Waals surface area contributed by atoms with Crippen LogP contribution in [0.25, 0.3) is 0 Å². The van der Waals surface area contributed by atoms with Crippen molar-refractivity contribution in [2.45, 2.75) is 19.2 Å². The van der Waals surface area contributed by atoms with Crippen LogP contribution in [-0.4, -0.2) is 79.7 Å². The number of hydrogen-bond donors (Lipinski definition) is 3. The van der Waals surface area contributed by atoms with Crippen LogP contribution in [0.5, 0.6) is 5.75 Å². The van der Waals surface area contributed by atoms with Crippen molar-refractivity contribution in [1.29, 1.82) is 0 Å². The molecule has 0 unspecified atom stereocenters. The quantitative estimate of drug-likeness (QED) is 0.550. The molecule has 10 heteroatoms. The van der Waals surface area contributed by atoms with Crippen molar-refractivity contribution in [2.75, 3.05) is 57.7 Å². The Hall–Kier alpha value is -2.04. The monoisotopic (exact) mass is 404 g/mol. The number of urea groups is 1. The van der Waals surface area contributed by atoms with Gasteiger partial charge in [0.15, 0.2) is 5.75 Å². The van der Waals surface area contributed by atoms with E-state index < -0.39 is 18.1 Å². The van der Waals surface area contributed by atoms with Gasteiger partial charge in [-0.25, -0.2) is 4.79 Å². The number of amides is 2. The highest BCUT2D eigenvalue weighted by atomic mass is 19.4. The zero-order valence-corrected chi connectivity index (χ0v) is 15.7. The van der Waals surface area contributed by atoms with Gasteiger partial charge < -0.3 is 25.4 Å². The van der Waals surface area contributed by atoms with Gasteiger partial charge in [0.25, 0.3) is 0 Å². The van der Waals surface area contributed by atoms with Crippen molar-refractivity contribution in [2.24, 2.45) is 0 Å². The van der Waals surface area contributed by atoms with E-state index in [0.717, 1.165) is 51.6 Å². The number of ether oxygens (including phenoxy) is 1. The molecule has 28 heavy (non-hydrogen) atoms. The second-order valence-corrected chi connectivity index (χ2v) is 6.54. The summed E-state index contributed by atoms with van der Waals surface area (Å²) in [7, 11) is 0. The number of aliphatic hydroxyl groups is 1. The Morgan fingerprint density at radius 1 is 1.07 bits per heavy atom. The van der Waals surface area contributed by atoms with Crippen LogP contribution in [0.1, 0.15) is 12.8 Å². The molecule has 7 nitrogen and oxygen atoms in total. The van der Waals surface area contributed by atoms with Crippen molar-refractivity contribution in [3.8, 4) is 5.75 Å². The number of carbonyl (C=O) groups excluding carboxylic acids is 1. The molecule has 2 rings (SSSR count). The lowest BCUT2D eigenvalue weighted by Crippen LogP contribution is -2.47. The minimum absolute atomic E-state index is 0.0434. The summed E-state index contributed by atoms with van der Waals surface area (Å²) < 4.78 is 41.1. The van der Waals surface area contributed by atoms with Gasteiger partial charge in [0.05, 0.1) is 12.3 Å². The van der Waals surface area contributed by atoms with Crippen LogP contribution in [0.4, 0.5) is 23.7 Å². The summed E-state index contributed by atoms with van der Waals surface area (Å²) in [4.78, 5) is 16.5. The molecule has 1 fully saturated rings. The van der Waals surface area contributed by atoms with Crippen molar-refractivity contribution in [3.63, 3.8) is 0 Å². The van der Waals surface area contributed by atoms with Crippen LogP contribution < -0.4 is 15.4 Å². The predicted molar refractivity (Wildman–Crippen MR) is 99.3 cm³/mol. The Morgan fingerprint density at radius 2 is 1.71 bits per heavy atom. The van der Waals surface area contributed by atoms with Crippen LogP contribution in [0, 0.1) is 0 Å². The van der Waals surface area contributed by atoms with Gasteiger partial charge in [0.1, 0.15) is 0 Å². The van der Waals surface area contributed by atoms with E-state index in [4.69, 9.17) is 5.11 Å². The molecule has 1 heterocycles. The third kappa shape index (κ3) is 8.32. The van der Waals surface area contributed by atoms with E-state index >= 15 is 0 Å². The first kappa shape index (κ1) is 22.3. The Labute approximate surface area is 162 Å². The summed E-state index contributed by atoms with van der Waals surface area (Å²) in [5.74, 6) is -0.453. The lowest BCUT2D eigenvalue weighted by Gasteiger charge is -2.34. The number of β-amino-alcohol motifs (C(OH)–C–C–N with tert-alkyl or cyclic N) is 1. The standard InChI is InChI=1S/C18H27F3N4O3/c19-18(20,21)28-16-6-2-1-5-15(16)23-17(27)22-7-3-4-8-24-9-11-25(12-10-24)13-14-26/h1-2,5-6,26H,3-4,7-14H2,(H2,22,23,27). The molecule has 0 radical (unpaired) electrons. The first-order chi connectivity index (χ1) is 13.4. The molecule has 1 aromatic rings. The summed E-state index contributed by atoms with van der Waals surface area (Å²) in [5, 5.41) is 14.0. The first-order valence-corrected chi connectivity index (χ1v) is 9.32. The maximum absolute atomic E-state index is 12.4.